The molecule has 0 aromatic carbocycles. The molecule has 0 N–H and O–H groups in total. The number of pyridine rings is 1. The highest BCUT2D eigenvalue weighted by Crippen LogP contribution is 2.14. The Morgan fingerprint density at radius 3 is 3.00 bits per heavy atom. The minimum atomic E-state index is -0.696. The number of hydrogen-bond donors (Lipinski definition) is 0. The molecule has 1 aromatic rings. The summed E-state index contributed by atoms with van der Waals surface area (Å²) in [5.74, 6) is -0.979. The average molecular weight is 220 g/mol. The molecule has 1 amide bonds. The molecule has 0 bridgehead atoms. The maximum Gasteiger partial charge on any atom is 0.258 e. The summed E-state index contributed by atoms with van der Waals surface area (Å²) in [4.78, 5) is 17.1. The Balaban J connectivity index is 2.18. The van der Waals surface area contributed by atoms with Crippen molar-refractivity contribution in [2.24, 2.45) is 0 Å². The molecule has 16 heavy (non-hydrogen) atoms. The topological polar surface area (TPSA) is 33.2 Å². The first-order valence-corrected chi connectivity index (χ1v) is 5.24. The van der Waals surface area contributed by atoms with Crippen molar-refractivity contribution in [1.82, 2.24) is 9.88 Å². The second-order valence-electron chi connectivity index (χ2n) is 3.89. The van der Waals surface area contributed by atoms with Crippen molar-refractivity contribution in [3.63, 3.8) is 0 Å². The molecule has 3 nitrogen and oxygen atoms in total. The van der Waals surface area contributed by atoms with Crippen molar-refractivity contribution in [2.75, 3.05) is 13.1 Å². The Kier molecular flexibility index (Phi) is 2.99. The molecule has 84 valence electrons. The van der Waals surface area contributed by atoms with E-state index in [-0.39, 0.29) is 11.5 Å². The predicted octanol–water partition coefficient (Wildman–Crippen LogP) is 2.01. The second-order valence-corrected chi connectivity index (χ2v) is 3.89. The number of rotatable bonds is 1. The summed E-state index contributed by atoms with van der Waals surface area (Å²) in [5.41, 5.74) is 1.33. The van der Waals surface area contributed by atoms with Crippen LogP contribution < -0.4 is 0 Å². The van der Waals surface area contributed by atoms with Crippen LogP contribution in [-0.4, -0.2) is 28.9 Å². The van der Waals surface area contributed by atoms with Crippen molar-refractivity contribution in [3.05, 3.63) is 41.5 Å². The zero-order valence-electron chi connectivity index (χ0n) is 9.11. The number of halogens is 1. The number of carbonyl (C=O) groups is 1. The molecular weight excluding hydrogens is 207 g/mol. The van der Waals surface area contributed by atoms with Gasteiger partial charge in [0.05, 0.1) is 5.56 Å². The minimum absolute atomic E-state index is 0.0513. The third-order valence-electron chi connectivity index (χ3n) is 2.71. The first kappa shape index (κ1) is 10.8. The number of hydrogen-bond acceptors (Lipinski definition) is 2. The van der Waals surface area contributed by atoms with Crippen LogP contribution in [-0.2, 0) is 0 Å². The van der Waals surface area contributed by atoms with Crippen LogP contribution in [0.2, 0.25) is 0 Å². The van der Waals surface area contributed by atoms with E-state index < -0.39 is 5.95 Å². The fourth-order valence-electron chi connectivity index (χ4n) is 1.67. The summed E-state index contributed by atoms with van der Waals surface area (Å²) >= 11 is 0. The molecule has 0 spiro atoms. The normalized spacial score (nSPS) is 15.9. The van der Waals surface area contributed by atoms with E-state index in [4.69, 9.17) is 0 Å². The molecule has 1 aromatic heterocycles. The molecule has 2 rings (SSSR count). The van der Waals surface area contributed by atoms with E-state index in [0.29, 0.717) is 13.1 Å². The van der Waals surface area contributed by atoms with E-state index >= 15 is 0 Å². The number of carbonyl (C=O) groups excluding carboxylic acids is 1. The summed E-state index contributed by atoms with van der Waals surface area (Å²) in [6.07, 6.45) is 4.19. The van der Waals surface area contributed by atoms with Crippen LogP contribution in [0.25, 0.3) is 0 Å². The van der Waals surface area contributed by atoms with Gasteiger partial charge in [-0.25, -0.2) is 4.98 Å². The zero-order valence-corrected chi connectivity index (χ0v) is 9.11. The van der Waals surface area contributed by atoms with Crippen molar-refractivity contribution < 1.29 is 9.18 Å². The molecule has 0 fully saturated rings. The summed E-state index contributed by atoms with van der Waals surface area (Å²) in [6, 6.07) is 3.04. The summed E-state index contributed by atoms with van der Waals surface area (Å²) in [5, 5.41) is 0. The van der Waals surface area contributed by atoms with Crippen molar-refractivity contribution in [3.8, 4) is 0 Å². The molecule has 1 aliphatic heterocycles. The van der Waals surface area contributed by atoms with E-state index in [1.807, 2.05) is 13.0 Å². The fourth-order valence-corrected chi connectivity index (χ4v) is 1.67. The smallest absolute Gasteiger partial charge is 0.258 e. The molecule has 0 saturated heterocycles. The lowest BCUT2D eigenvalue weighted by atomic mass is 10.1. The molecular formula is C12H13FN2O. The zero-order chi connectivity index (χ0) is 11.5. The highest BCUT2D eigenvalue weighted by molar-refractivity contribution is 5.94. The van der Waals surface area contributed by atoms with Crippen molar-refractivity contribution >= 4 is 5.91 Å². The molecule has 2 heterocycles. The number of nitrogens with zero attached hydrogens (tertiary/aromatic N) is 2. The Morgan fingerprint density at radius 1 is 1.56 bits per heavy atom. The minimum Gasteiger partial charge on any atom is -0.334 e. The Bertz CT molecular complexity index is 442. The van der Waals surface area contributed by atoms with Gasteiger partial charge in [0.2, 0.25) is 5.95 Å². The third-order valence-corrected chi connectivity index (χ3v) is 2.71. The summed E-state index contributed by atoms with van der Waals surface area (Å²) in [6.45, 7) is 3.24. The standard InChI is InChI=1S/C12H13FN2O/c1-9-4-7-15(8-5-9)12(16)10-3-2-6-14-11(10)13/h2-4,6H,5,7-8H2,1H3. The molecule has 0 atom stereocenters. The quantitative estimate of drug-likeness (QED) is 0.536. The average Bonchev–Trinajstić information content (AvgIpc) is 2.30. The van der Waals surface area contributed by atoms with E-state index in [2.05, 4.69) is 4.98 Å². The predicted molar refractivity (Wildman–Crippen MR) is 58.5 cm³/mol. The van der Waals surface area contributed by atoms with Crippen LogP contribution in [0, 0.1) is 5.95 Å². The van der Waals surface area contributed by atoms with Gasteiger partial charge in [0.1, 0.15) is 0 Å². The van der Waals surface area contributed by atoms with Crippen LogP contribution in [0.15, 0.2) is 30.0 Å². The molecule has 0 radical (unpaired) electrons. The van der Waals surface area contributed by atoms with Gasteiger partial charge in [-0.15, -0.1) is 0 Å². The summed E-state index contributed by atoms with van der Waals surface area (Å²) < 4.78 is 13.3. The van der Waals surface area contributed by atoms with Gasteiger partial charge in [-0.3, -0.25) is 4.79 Å². The molecule has 4 heteroatoms. The second kappa shape index (κ2) is 4.43. The molecule has 0 aliphatic carbocycles. The van der Waals surface area contributed by atoms with Gasteiger partial charge in [-0.2, -0.15) is 4.39 Å². The van der Waals surface area contributed by atoms with Gasteiger partial charge in [0.25, 0.3) is 5.91 Å². The summed E-state index contributed by atoms with van der Waals surface area (Å²) in [7, 11) is 0. The Labute approximate surface area is 93.6 Å². The van der Waals surface area contributed by atoms with Crippen LogP contribution >= 0.6 is 0 Å². The van der Waals surface area contributed by atoms with Gasteiger partial charge >= 0.3 is 0 Å². The lowest BCUT2D eigenvalue weighted by molar-refractivity contribution is 0.0763. The monoisotopic (exact) mass is 220 g/mol. The highest BCUT2D eigenvalue weighted by atomic mass is 19.1. The van der Waals surface area contributed by atoms with Crippen LogP contribution in [0.3, 0.4) is 0 Å². The maximum atomic E-state index is 13.3. The van der Waals surface area contributed by atoms with Gasteiger partial charge in [0.15, 0.2) is 0 Å². The maximum absolute atomic E-state index is 13.3. The van der Waals surface area contributed by atoms with Gasteiger partial charge in [-0.05, 0) is 25.5 Å². The van der Waals surface area contributed by atoms with Gasteiger partial charge in [0, 0.05) is 19.3 Å². The van der Waals surface area contributed by atoms with Crippen LogP contribution in [0.1, 0.15) is 23.7 Å². The SMILES string of the molecule is CC1=CCN(C(=O)c2cccnc2F)CC1. The first-order valence-electron chi connectivity index (χ1n) is 5.24. The van der Waals surface area contributed by atoms with Crippen molar-refractivity contribution in [2.45, 2.75) is 13.3 Å². The van der Waals surface area contributed by atoms with E-state index in [9.17, 15) is 9.18 Å². The lowest BCUT2D eigenvalue weighted by Crippen LogP contribution is -2.35. The number of aromatic nitrogens is 1. The van der Waals surface area contributed by atoms with E-state index in [0.717, 1.165) is 6.42 Å². The van der Waals surface area contributed by atoms with Crippen LogP contribution in [0.5, 0.6) is 0 Å². The fraction of sp³-hybridized carbons (Fsp3) is 0.333. The van der Waals surface area contributed by atoms with Crippen LogP contribution in [0.4, 0.5) is 4.39 Å². The first-order chi connectivity index (χ1) is 7.68. The van der Waals surface area contributed by atoms with Crippen molar-refractivity contribution in [1.29, 1.82) is 0 Å². The largest absolute Gasteiger partial charge is 0.334 e. The molecule has 0 saturated carbocycles. The number of amides is 1. The van der Waals surface area contributed by atoms with Gasteiger partial charge < -0.3 is 4.90 Å². The lowest BCUT2D eigenvalue weighted by Gasteiger charge is -2.25. The highest BCUT2D eigenvalue weighted by Gasteiger charge is 2.20. The molecule has 0 unspecified atom stereocenters. The van der Waals surface area contributed by atoms with E-state index in [1.54, 1.807) is 11.0 Å². The Morgan fingerprint density at radius 2 is 2.38 bits per heavy atom. The molecule has 1 aliphatic rings. The Hall–Kier alpha value is -1.71. The van der Waals surface area contributed by atoms with E-state index in [1.165, 1.54) is 17.8 Å². The third kappa shape index (κ3) is 2.10. The van der Waals surface area contributed by atoms with Gasteiger partial charge in [-0.1, -0.05) is 11.6 Å².